The van der Waals surface area contributed by atoms with E-state index in [1.807, 2.05) is 32.2 Å². The number of ether oxygens (including phenoxy) is 1. The second kappa shape index (κ2) is 8.03. The van der Waals surface area contributed by atoms with Crippen LogP contribution in [0.2, 0.25) is 0 Å². The number of carbonyl (C=O) groups is 1. The topological polar surface area (TPSA) is 50.4 Å². The van der Waals surface area contributed by atoms with Gasteiger partial charge in [0.2, 0.25) is 0 Å². The third-order valence-corrected chi connectivity index (χ3v) is 4.05. The molecule has 1 amide bonds. The Morgan fingerprint density at radius 3 is 2.71 bits per heavy atom. The molecule has 2 rings (SSSR count). The molecule has 4 nitrogen and oxygen atoms in total. The van der Waals surface area contributed by atoms with Crippen LogP contribution in [-0.4, -0.2) is 32.2 Å². The zero-order valence-corrected chi connectivity index (χ0v) is 13.1. The molecule has 0 atom stereocenters. The van der Waals surface area contributed by atoms with Gasteiger partial charge in [-0.05, 0) is 43.5 Å². The lowest BCUT2D eigenvalue weighted by atomic mass is 9.98. The number of rotatable bonds is 6. The van der Waals surface area contributed by atoms with E-state index in [0.717, 1.165) is 16.8 Å². The summed E-state index contributed by atoms with van der Waals surface area (Å²) in [5.41, 5.74) is 2.73. The summed E-state index contributed by atoms with van der Waals surface area (Å²) in [6.07, 6.45) is 6.60. The van der Waals surface area contributed by atoms with Crippen LogP contribution in [0.15, 0.2) is 18.2 Å². The molecule has 116 valence electrons. The second-order valence-electron chi connectivity index (χ2n) is 5.67. The van der Waals surface area contributed by atoms with Crippen LogP contribution in [0.3, 0.4) is 0 Å². The normalized spacial score (nSPS) is 15.7. The molecule has 21 heavy (non-hydrogen) atoms. The molecule has 1 fully saturated rings. The second-order valence-corrected chi connectivity index (χ2v) is 5.67. The Labute approximate surface area is 127 Å². The number of hydrogen-bond acceptors (Lipinski definition) is 3. The molecular weight excluding hydrogens is 264 g/mol. The first-order valence-corrected chi connectivity index (χ1v) is 7.89. The van der Waals surface area contributed by atoms with Gasteiger partial charge < -0.3 is 15.4 Å². The number of hydrogen-bond donors (Lipinski definition) is 2. The van der Waals surface area contributed by atoms with Crippen LogP contribution in [-0.2, 0) is 4.74 Å². The quantitative estimate of drug-likeness (QED) is 0.791. The molecule has 1 aliphatic carbocycles. The Morgan fingerprint density at radius 1 is 1.29 bits per heavy atom. The molecule has 0 bridgehead atoms. The molecule has 1 aromatic rings. The molecule has 4 heteroatoms. The maximum Gasteiger partial charge on any atom is 0.251 e. The van der Waals surface area contributed by atoms with Gasteiger partial charge in [0.25, 0.3) is 5.91 Å². The van der Waals surface area contributed by atoms with Crippen molar-refractivity contribution in [2.75, 3.05) is 25.5 Å². The lowest BCUT2D eigenvalue weighted by Gasteiger charge is -2.22. The van der Waals surface area contributed by atoms with Gasteiger partial charge in [0.1, 0.15) is 0 Å². The van der Waals surface area contributed by atoms with Crippen LogP contribution < -0.4 is 10.6 Å². The Hall–Kier alpha value is -1.55. The minimum atomic E-state index is -0.0256. The Bertz CT molecular complexity index is 468. The lowest BCUT2D eigenvalue weighted by molar-refractivity contribution is 0.0299. The van der Waals surface area contributed by atoms with Crippen molar-refractivity contribution < 1.29 is 9.53 Å². The summed E-state index contributed by atoms with van der Waals surface area (Å²) in [6.45, 7) is 3.13. The molecule has 0 radical (unpaired) electrons. The van der Waals surface area contributed by atoms with Gasteiger partial charge in [-0.15, -0.1) is 0 Å². The molecule has 0 unspecified atom stereocenters. The minimum Gasteiger partial charge on any atom is -0.388 e. The number of benzene rings is 1. The summed E-state index contributed by atoms with van der Waals surface area (Å²) in [5, 5.41) is 6.00. The predicted octanol–water partition coefficient (Wildman–Crippen LogP) is 3.12. The molecule has 0 aromatic heterocycles. The fourth-order valence-electron chi connectivity index (χ4n) is 2.79. The van der Waals surface area contributed by atoms with Crippen molar-refractivity contribution >= 4 is 11.6 Å². The zero-order valence-electron chi connectivity index (χ0n) is 13.1. The molecule has 0 saturated heterocycles. The smallest absolute Gasteiger partial charge is 0.251 e. The summed E-state index contributed by atoms with van der Waals surface area (Å²) < 4.78 is 5.81. The molecule has 0 spiro atoms. The van der Waals surface area contributed by atoms with Crippen LogP contribution in [0.1, 0.15) is 48.0 Å². The van der Waals surface area contributed by atoms with Crippen molar-refractivity contribution in [2.24, 2.45) is 0 Å². The Kier molecular flexibility index (Phi) is 6.05. The summed E-state index contributed by atoms with van der Waals surface area (Å²) >= 11 is 0. The highest BCUT2D eigenvalue weighted by molar-refractivity contribution is 5.96. The monoisotopic (exact) mass is 290 g/mol. The van der Waals surface area contributed by atoms with E-state index in [1.54, 1.807) is 0 Å². The largest absolute Gasteiger partial charge is 0.388 e. The summed E-state index contributed by atoms with van der Waals surface area (Å²) in [7, 11) is 1.87. The highest BCUT2D eigenvalue weighted by atomic mass is 16.5. The van der Waals surface area contributed by atoms with Crippen LogP contribution in [0, 0.1) is 6.92 Å². The van der Waals surface area contributed by atoms with Crippen molar-refractivity contribution in [3.8, 4) is 0 Å². The fraction of sp³-hybridized carbons (Fsp3) is 0.588. The molecule has 1 saturated carbocycles. The van der Waals surface area contributed by atoms with Crippen molar-refractivity contribution in [2.45, 2.75) is 45.1 Å². The fourth-order valence-corrected chi connectivity index (χ4v) is 2.79. The molecular formula is C17H26N2O2. The van der Waals surface area contributed by atoms with Crippen molar-refractivity contribution in [3.05, 3.63) is 29.3 Å². The lowest BCUT2D eigenvalue weighted by Crippen LogP contribution is -2.29. The standard InChI is InChI=1S/C17H26N2O2/c1-13-12-14(18-2)8-9-16(13)17(20)19-10-11-21-15-6-4-3-5-7-15/h8-9,12,15,18H,3-7,10-11H2,1-2H3,(H,19,20). The third-order valence-electron chi connectivity index (χ3n) is 4.05. The van der Waals surface area contributed by atoms with Gasteiger partial charge in [-0.25, -0.2) is 0 Å². The number of aryl methyl sites for hydroxylation is 1. The minimum absolute atomic E-state index is 0.0256. The average Bonchev–Trinajstić information content (AvgIpc) is 2.52. The molecule has 2 N–H and O–H groups in total. The first-order valence-electron chi connectivity index (χ1n) is 7.89. The third kappa shape index (κ3) is 4.74. The van der Waals surface area contributed by atoms with E-state index in [0.29, 0.717) is 19.3 Å². The zero-order chi connectivity index (χ0) is 15.1. The average molecular weight is 290 g/mol. The van der Waals surface area contributed by atoms with Gasteiger partial charge >= 0.3 is 0 Å². The maximum absolute atomic E-state index is 12.1. The van der Waals surface area contributed by atoms with Gasteiger partial charge in [-0.1, -0.05) is 19.3 Å². The van der Waals surface area contributed by atoms with E-state index in [-0.39, 0.29) is 5.91 Å². The number of anilines is 1. The van der Waals surface area contributed by atoms with E-state index in [2.05, 4.69) is 10.6 Å². The van der Waals surface area contributed by atoms with Crippen LogP contribution in [0.5, 0.6) is 0 Å². The SMILES string of the molecule is CNc1ccc(C(=O)NCCOC2CCCCC2)c(C)c1. The van der Waals surface area contributed by atoms with Gasteiger partial charge in [-0.2, -0.15) is 0 Å². The molecule has 1 aromatic carbocycles. The van der Waals surface area contributed by atoms with Gasteiger partial charge in [0, 0.05) is 24.8 Å². The predicted molar refractivity (Wildman–Crippen MR) is 85.9 cm³/mol. The van der Waals surface area contributed by atoms with Crippen molar-refractivity contribution in [1.29, 1.82) is 0 Å². The highest BCUT2D eigenvalue weighted by Crippen LogP contribution is 2.20. The number of carbonyl (C=O) groups excluding carboxylic acids is 1. The van der Waals surface area contributed by atoms with Gasteiger partial charge in [0.15, 0.2) is 0 Å². The summed E-state index contributed by atoms with van der Waals surface area (Å²) in [4.78, 5) is 12.1. The van der Waals surface area contributed by atoms with E-state index < -0.39 is 0 Å². The Morgan fingerprint density at radius 2 is 2.05 bits per heavy atom. The molecule has 0 heterocycles. The first kappa shape index (κ1) is 15.8. The van der Waals surface area contributed by atoms with E-state index in [9.17, 15) is 4.79 Å². The van der Waals surface area contributed by atoms with Crippen LogP contribution >= 0.6 is 0 Å². The highest BCUT2D eigenvalue weighted by Gasteiger charge is 2.14. The summed E-state index contributed by atoms with van der Waals surface area (Å²) in [6, 6.07) is 5.76. The number of amides is 1. The first-order chi connectivity index (χ1) is 10.2. The molecule has 0 aliphatic heterocycles. The van der Waals surface area contributed by atoms with E-state index >= 15 is 0 Å². The Balaban J connectivity index is 1.74. The van der Waals surface area contributed by atoms with Crippen LogP contribution in [0.25, 0.3) is 0 Å². The number of nitrogens with one attached hydrogen (secondary N) is 2. The van der Waals surface area contributed by atoms with Crippen LogP contribution in [0.4, 0.5) is 5.69 Å². The van der Waals surface area contributed by atoms with Crippen molar-refractivity contribution in [3.63, 3.8) is 0 Å². The van der Waals surface area contributed by atoms with Crippen molar-refractivity contribution in [1.82, 2.24) is 5.32 Å². The molecule has 1 aliphatic rings. The summed E-state index contributed by atoms with van der Waals surface area (Å²) in [5.74, 6) is -0.0256. The maximum atomic E-state index is 12.1. The van der Waals surface area contributed by atoms with Gasteiger partial charge in [-0.3, -0.25) is 4.79 Å². The van der Waals surface area contributed by atoms with Gasteiger partial charge in [0.05, 0.1) is 12.7 Å². The van der Waals surface area contributed by atoms with E-state index in [1.165, 1.54) is 32.1 Å². The van der Waals surface area contributed by atoms with E-state index in [4.69, 9.17) is 4.74 Å².